The molecular formula is C8H16N2O. The van der Waals surface area contributed by atoms with Crippen LogP contribution in [-0.2, 0) is 0 Å². The number of aliphatic hydroxyl groups excluding tert-OH is 1. The Hall–Kier alpha value is -0.590. The van der Waals surface area contributed by atoms with Gasteiger partial charge in [0.1, 0.15) is 0 Å². The van der Waals surface area contributed by atoms with Gasteiger partial charge in [-0.1, -0.05) is 6.92 Å². The fraction of sp³-hybridized carbons (Fsp3) is 0.875. The summed E-state index contributed by atoms with van der Waals surface area (Å²) in [6.07, 6.45) is 1.39. The summed E-state index contributed by atoms with van der Waals surface area (Å²) in [5.74, 6) is 0.499. The Bertz CT molecular complexity index is 120. The lowest BCUT2D eigenvalue weighted by molar-refractivity contribution is 0.260. The van der Waals surface area contributed by atoms with Gasteiger partial charge >= 0.3 is 0 Å². The molecule has 3 nitrogen and oxygen atoms in total. The van der Waals surface area contributed by atoms with Crippen LogP contribution in [0, 0.1) is 17.2 Å². The second kappa shape index (κ2) is 7.52. The van der Waals surface area contributed by atoms with E-state index in [9.17, 15) is 0 Å². The van der Waals surface area contributed by atoms with Crippen LogP contribution in [0.2, 0.25) is 0 Å². The summed E-state index contributed by atoms with van der Waals surface area (Å²) < 4.78 is 0. The highest BCUT2D eigenvalue weighted by molar-refractivity contribution is 4.70. The van der Waals surface area contributed by atoms with Crippen LogP contribution in [0.4, 0.5) is 0 Å². The van der Waals surface area contributed by atoms with Crippen LogP contribution in [0.25, 0.3) is 0 Å². The van der Waals surface area contributed by atoms with Crippen molar-refractivity contribution in [3.05, 3.63) is 0 Å². The van der Waals surface area contributed by atoms with Gasteiger partial charge < -0.3 is 10.4 Å². The Kier molecular flexibility index (Phi) is 7.11. The van der Waals surface area contributed by atoms with Crippen molar-refractivity contribution in [3.8, 4) is 6.07 Å². The lowest BCUT2D eigenvalue weighted by Gasteiger charge is -2.09. The summed E-state index contributed by atoms with van der Waals surface area (Å²) in [7, 11) is 0. The standard InChI is InChI=1S/C8H16N2O/c1-8(3-6-11)7-10-5-2-4-9/h8,10-11H,2-3,5-7H2,1H3. The average molecular weight is 156 g/mol. The highest BCUT2D eigenvalue weighted by atomic mass is 16.3. The van der Waals surface area contributed by atoms with Gasteiger partial charge in [0.2, 0.25) is 0 Å². The van der Waals surface area contributed by atoms with E-state index in [0.29, 0.717) is 12.3 Å². The number of hydrogen-bond donors (Lipinski definition) is 2. The molecule has 0 spiro atoms. The molecule has 0 aliphatic rings. The summed E-state index contributed by atoms with van der Waals surface area (Å²) >= 11 is 0. The molecule has 0 aliphatic carbocycles. The smallest absolute Gasteiger partial charge is 0.0635 e. The minimum absolute atomic E-state index is 0.251. The Morgan fingerprint density at radius 1 is 1.64 bits per heavy atom. The van der Waals surface area contributed by atoms with Crippen molar-refractivity contribution in [3.63, 3.8) is 0 Å². The van der Waals surface area contributed by atoms with Crippen molar-refractivity contribution in [1.29, 1.82) is 5.26 Å². The highest BCUT2D eigenvalue weighted by Gasteiger charge is 1.98. The molecule has 1 unspecified atom stereocenters. The SMILES string of the molecule is CC(CCO)CNCCC#N. The molecule has 0 amide bonds. The molecule has 0 saturated carbocycles. The first-order valence-electron chi connectivity index (χ1n) is 3.99. The van der Waals surface area contributed by atoms with Crippen LogP contribution in [0.5, 0.6) is 0 Å². The number of nitriles is 1. The first-order valence-corrected chi connectivity index (χ1v) is 3.99. The molecule has 0 radical (unpaired) electrons. The quantitative estimate of drug-likeness (QED) is 0.551. The maximum absolute atomic E-state index is 8.56. The van der Waals surface area contributed by atoms with Crippen LogP contribution in [0.15, 0.2) is 0 Å². The molecule has 0 bridgehead atoms. The molecule has 0 aromatic carbocycles. The predicted molar refractivity (Wildman–Crippen MR) is 44.0 cm³/mol. The van der Waals surface area contributed by atoms with Crippen molar-refractivity contribution in [2.45, 2.75) is 19.8 Å². The molecule has 64 valence electrons. The third kappa shape index (κ3) is 7.31. The largest absolute Gasteiger partial charge is 0.396 e. The minimum atomic E-state index is 0.251. The van der Waals surface area contributed by atoms with Gasteiger partial charge in [0, 0.05) is 19.6 Å². The van der Waals surface area contributed by atoms with Gasteiger partial charge in [-0.15, -0.1) is 0 Å². The molecule has 0 saturated heterocycles. The normalized spacial score (nSPS) is 12.5. The van der Waals surface area contributed by atoms with E-state index < -0.39 is 0 Å². The number of nitrogens with zero attached hydrogens (tertiary/aromatic N) is 1. The van der Waals surface area contributed by atoms with Crippen LogP contribution < -0.4 is 5.32 Å². The number of rotatable bonds is 6. The van der Waals surface area contributed by atoms with E-state index in [0.717, 1.165) is 19.5 Å². The maximum Gasteiger partial charge on any atom is 0.0635 e. The van der Waals surface area contributed by atoms with E-state index >= 15 is 0 Å². The Morgan fingerprint density at radius 3 is 2.91 bits per heavy atom. The molecule has 0 rings (SSSR count). The number of aliphatic hydroxyl groups is 1. The van der Waals surface area contributed by atoms with Crippen molar-refractivity contribution < 1.29 is 5.11 Å². The first kappa shape index (κ1) is 10.4. The van der Waals surface area contributed by atoms with Crippen LogP contribution in [-0.4, -0.2) is 24.8 Å². The highest BCUT2D eigenvalue weighted by Crippen LogP contribution is 1.97. The van der Waals surface area contributed by atoms with Crippen molar-refractivity contribution in [1.82, 2.24) is 5.32 Å². The second-order valence-electron chi connectivity index (χ2n) is 2.73. The third-order valence-electron chi connectivity index (χ3n) is 1.53. The summed E-state index contributed by atoms with van der Waals surface area (Å²) in [6, 6.07) is 2.06. The summed E-state index contributed by atoms with van der Waals surface area (Å²) in [4.78, 5) is 0. The monoisotopic (exact) mass is 156 g/mol. The van der Waals surface area contributed by atoms with Crippen LogP contribution >= 0.6 is 0 Å². The zero-order valence-electron chi connectivity index (χ0n) is 7.01. The summed E-state index contributed by atoms with van der Waals surface area (Å²) in [5.41, 5.74) is 0. The topological polar surface area (TPSA) is 56.0 Å². The zero-order chi connectivity index (χ0) is 8.53. The molecule has 0 heterocycles. The lowest BCUT2D eigenvalue weighted by Crippen LogP contribution is -2.22. The van der Waals surface area contributed by atoms with E-state index in [1.165, 1.54) is 0 Å². The lowest BCUT2D eigenvalue weighted by atomic mass is 10.1. The number of nitrogens with one attached hydrogen (secondary N) is 1. The van der Waals surface area contributed by atoms with Crippen molar-refractivity contribution in [2.24, 2.45) is 5.92 Å². The molecular weight excluding hydrogens is 140 g/mol. The molecule has 0 aromatic rings. The summed E-state index contributed by atoms with van der Waals surface area (Å²) in [5, 5.41) is 19.9. The molecule has 1 atom stereocenters. The number of hydrogen-bond acceptors (Lipinski definition) is 3. The van der Waals surface area contributed by atoms with Gasteiger partial charge in [0.15, 0.2) is 0 Å². The molecule has 3 heteroatoms. The third-order valence-corrected chi connectivity index (χ3v) is 1.53. The Balaban J connectivity index is 3.05. The molecule has 0 aliphatic heterocycles. The predicted octanol–water partition coefficient (Wildman–Crippen LogP) is 0.508. The van der Waals surface area contributed by atoms with Crippen LogP contribution in [0.1, 0.15) is 19.8 Å². The summed E-state index contributed by atoms with van der Waals surface area (Å²) in [6.45, 7) is 3.98. The van der Waals surface area contributed by atoms with Gasteiger partial charge in [-0.2, -0.15) is 5.26 Å². The average Bonchev–Trinajstić information content (AvgIpc) is 1.99. The van der Waals surface area contributed by atoms with Gasteiger partial charge in [-0.25, -0.2) is 0 Å². The van der Waals surface area contributed by atoms with E-state index in [2.05, 4.69) is 18.3 Å². The van der Waals surface area contributed by atoms with E-state index in [-0.39, 0.29) is 6.61 Å². The molecule has 0 aromatic heterocycles. The Morgan fingerprint density at radius 2 is 2.36 bits per heavy atom. The first-order chi connectivity index (χ1) is 5.31. The second-order valence-corrected chi connectivity index (χ2v) is 2.73. The van der Waals surface area contributed by atoms with Crippen molar-refractivity contribution >= 4 is 0 Å². The van der Waals surface area contributed by atoms with Gasteiger partial charge in [-0.05, 0) is 18.9 Å². The van der Waals surface area contributed by atoms with E-state index in [1.807, 2.05) is 0 Å². The Labute approximate surface area is 68.0 Å². The van der Waals surface area contributed by atoms with Crippen LogP contribution in [0.3, 0.4) is 0 Å². The molecule has 11 heavy (non-hydrogen) atoms. The van der Waals surface area contributed by atoms with Crippen molar-refractivity contribution in [2.75, 3.05) is 19.7 Å². The van der Waals surface area contributed by atoms with E-state index in [1.54, 1.807) is 0 Å². The maximum atomic E-state index is 8.56. The van der Waals surface area contributed by atoms with Gasteiger partial charge in [0.25, 0.3) is 0 Å². The zero-order valence-corrected chi connectivity index (χ0v) is 7.01. The fourth-order valence-electron chi connectivity index (χ4n) is 0.815. The van der Waals surface area contributed by atoms with Gasteiger partial charge in [-0.3, -0.25) is 0 Å². The minimum Gasteiger partial charge on any atom is -0.396 e. The molecule has 2 N–H and O–H groups in total. The molecule has 0 fully saturated rings. The van der Waals surface area contributed by atoms with Gasteiger partial charge in [0.05, 0.1) is 6.07 Å². The fourth-order valence-corrected chi connectivity index (χ4v) is 0.815. The van der Waals surface area contributed by atoms with E-state index in [4.69, 9.17) is 10.4 Å².